The summed E-state index contributed by atoms with van der Waals surface area (Å²) >= 11 is 0. The third kappa shape index (κ3) is 2.68. The first-order chi connectivity index (χ1) is 8.18. The van der Waals surface area contributed by atoms with E-state index >= 15 is 0 Å². The minimum atomic E-state index is 0.168. The van der Waals surface area contributed by atoms with Gasteiger partial charge in [0.2, 0.25) is 0 Å². The van der Waals surface area contributed by atoms with Crippen LogP contribution < -0.4 is 4.74 Å². The van der Waals surface area contributed by atoms with E-state index in [0.717, 1.165) is 16.9 Å². The average Bonchev–Trinajstić information content (AvgIpc) is 2.32. The maximum atomic E-state index is 5.74. The molecule has 2 rings (SSSR count). The summed E-state index contributed by atoms with van der Waals surface area (Å²) in [4.78, 5) is 0. The largest absolute Gasteiger partial charge is 0.491 e. The molecular formula is C16H17O. The third-order valence-corrected chi connectivity index (χ3v) is 2.58. The first-order valence-corrected chi connectivity index (χ1v) is 5.85. The van der Waals surface area contributed by atoms with Crippen LogP contribution in [0.25, 0.3) is 11.1 Å². The Morgan fingerprint density at radius 1 is 0.941 bits per heavy atom. The number of rotatable bonds is 3. The second kappa shape index (κ2) is 5.05. The summed E-state index contributed by atoms with van der Waals surface area (Å²) in [6, 6.07) is 16.3. The fraction of sp³-hybridized carbons (Fsp3) is 0.188. The summed E-state index contributed by atoms with van der Waals surface area (Å²) in [6.07, 6.45) is 0.168. The monoisotopic (exact) mass is 225 g/mol. The number of hydrogen-bond donors (Lipinski definition) is 0. The highest BCUT2D eigenvalue weighted by Crippen LogP contribution is 2.30. The van der Waals surface area contributed by atoms with Crippen molar-refractivity contribution in [2.24, 2.45) is 0 Å². The van der Waals surface area contributed by atoms with Gasteiger partial charge in [-0.1, -0.05) is 42.5 Å². The molecule has 2 aromatic carbocycles. The highest BCUT2D eigenvalue weighted by Gasteiger charge is 2.07. The Morgan fingerprint density at radius 3 is 2.29 bits per heavy atom. The second-order valence-electron chi connectivity index (χ2n) is 4.31. The van der Waals surface area contributed by atoms with Crippen molar-refractivity contribution in [2.45, 2.75) is 20.0 Å². The Kier molecular flexibility index (Phi) is 3.48. The van der Waals surface area contributed by atoms with Crippen LogP contribution in [-0.2, 0) is 0 Å². The van der Waals surface area contributed by atoms with Gasteiger partial charge in [0.15, 0.2) is 0 Å². The van der Waals surface area contributed by atoms with Crippen molar-refractivity contribution in [3.8, 4) is 16.9 Å². The molecule has 17 heavy (non-hydrogen) atoms. The maximum Gasteiger partial charge on any atom is 0.123 e. The van der Waals surface area contributed by atoms with Crippen molar-refractivity contribution < 1.29 is 4.74 Å². The quantitative estimate of drug-likeness (QED) is 0.755. The van der Waals surface area contributed by atoms with Crippen molar-refractivity contribution in [3.63, 3.8) is 0 Å². The van der Waals surface area contributed by atoms with Gasteiger partial charge in [-0.05, 0) is 38.0 Å². The lowest BCUT2D eigenvalue weighted by atomic mass is 10.00. The van der Waals surface area contributed by atoms with Gasteiger partial charge in [-0.15, -0.1) is 0 Å². The highest BCUT2D eigenvalue weighted by molar-refractivity contribution is 5.70. The van der Waals surface area contributed by atoms with E-state index in [1.54, 1.807) is 0 Å². The highest BCUT2D eigenvalue weighted by atomic mass is 16.5. The molecule has 0 saturated heterocycles. The van der Waals surface area contributed by atoms with Gasteiger partial charge < -0.3 is 4.74 Å². The molecule has 0 amide bonds. The van der Waals surface area contributed by atoms with E-state index < -0.39 is 0 Å². The van der Waals surface area contributed by atoms with E-state index in [4.69, 9.17) is 4.74 Å². The van der Waals surface area contributed by atoms with Gasteiger partial charge in [0.05, 0.1) is 6.10 Å². The molecule has 0 unspecified atom stereocenters. The first-order valence-electron chi connectivity index (χ1n) is 5.85. The van der Waals surface area contributed by atoms with Crippen LogP contribution in [0.15, 0.2) is 48.5 Å². The van der Waals surface area contributed by atoms with Crippen LogP contribution in [0.4, 0.5) is 0 Å². The van der Waals surface area contributed by atoms with Crippen LogP contribution in [-0.4, -0.2) is 6.10 Å². The van der Waals surface area contributed by atoms with E-state index in [2.05, 4.69) is 25.1 Å². The molecule has 0 aliphatic carbocycles. The molecule has 1 heteroatoms. The normalized spacial score (nSPS) is 10.6. The Morgan fingerprint density at radius 2 is 1.65 bits per heavy atom. The molecule has 0 aliphatic rings. The predicted molar refractivity (Wildman–Crippen MR) is 72.1 cm³/mol. The fourth-order valence-electron chi connectivity index (χ4n) is 1.82. The summed E-state index contributed by atoms with van der Waals surface area (Å²) in [5.74, 6) is 0.862. The van der Waals surface area contributed by atoms with Crippen LogP contribution in [0.5, 0.6) is 5.75 Å². The Hall–Kier alpha value is -1.76. The van der Waals surface area contributed by atoms with Gasteiger partial charge in [-0.25, -0.2) is 0 Å². The van der Waals surface area contributed by atoms with Gasteiger partial charge in [-0.2, -0.15) is 0 Å². The summed E-state index contributed by atoms with van der Waals surface area (Å²) in [5, 5.41) is 0. The van der Waals surface area contributed by atoms with Crippen molar-refractivity contribution >= 4 is 0 Å². The molecule has 0 atom stereocenters. The minimum absolute atomic E-state index is 0.168. The molecule has 0 spiro atoms. The number of benzene rings is 2. The molecule has 0 fully saturated rings. The Bertz CT molecular complexity index is 486. The smallest absolute Gasteiger partial charge is 0.123 e. The van der Waals surface area contributed by atoms with Gasteiger partial charge >= 0.3 is 0 Å². The van der Waals surface area contributed by atoms with Crippen LogP contribution in [0.1, 0.15) is 19.4 Å². The summed E-state index contributed by atoms with van der Waals surface area (Å²) < 4.78 is 5.74. The second-order valence-corrected chi connectivity index (χ2v) is 4.31. The van der Waals surface area contributed by atoms with Gasteiger partial charge in [0.25, 0.3) is 0 Å². The standard InChI is InChI=1S/C16H17O/c1-12(2)17-16-11-7-10-15(13(16)3)14-8-5-4-6-9-14/h4-12H,3H2,1-2H3. The lowest BCUT2D eigenvalue weighted by Crippen LogP contribution is -2.06. The number of hydrogen-bond acceptors (Lipinski definition) is 1. The maximum absolute atomic E-state index is 5.74. The molecule has 0 N–H and O–H groups in total. The topological polar surface area (TPSA) is 9.23 Å². The van der Waals surface area contributed by atoms with Crippen LogP contribution in [0.2, 0.25) is 0 Å². The predicted octanol–water partition coefficient (Wildman–Crippen LogP) is 4.32. The van der Waals surface area contributed by atoms with Crippen LogP contribution in [0, 0.1) is 6.92 Å². The average molecular weight is 225 g/mol. The van der Waals surface area contributed by atoms with Crippen LogP contribution >= 0.6 is 0 Å². The zero-order valence-corrected chi connectivity index (χ0v) is 10.3. The molecule has 0 bridgehead atoms. The molecule has 2 aromatic rings. The minimum Gasteiger partial charge on any atom is -0.491 e. The first kappa shape index (κ1) is 11.7. The lowest BCUT2D eigenvalue weighted by Gasteiger charge is -2.15. The van der Waals surface area contributed by atoms with E-state index in [0.29, 0.717) is 0 Å². The zero-order chi connectivity index (χ0) is 12.3. The molecule has 1 nitrogen and oxygen atoms in total. The SMILES string of the molecule is [CH2]c1c(OC(C)C)cccc1-c1ccccc1. The number of ether oxygens (including phenoxy) is 1. The van der Waals surface area contributed by atoms with Crippen molar-refractivity contribution in [2.75, 3.05) is 0 Å². The Balaban J connectivity index is 2.43. The molecule has 0 heterocycles. The zero-order valence-electron chi connectivity index (χ0n) is 10.3. The third-order valence-electron chi connectivity index (χ3n) is 2.58. The molecule has 0 saturated carbocycles. The van der Waals surface area contributed by atoms with Crippen molar-refractivity contribution in [3.05, 3.63) is 61.0 Å². The molecule has 0 aliphatic heterocycles. The lowest BCUT2D eigenvalue weighted by molar-refractivity contribution is 0.241. The summed E-state index contributed by atoms with van der Waals surface area (Å²) in [5.41, 5.74) is 3.25. The van der Waals surface area contributed by atoms with E-state index in [1.165, 1.54) is 5.56 Å². The molecule has 1 radical (unpaired) electrons. The summed E-state index contributed by atoms with van der Waals surface area (Å²) in [6.45, 7) is 8.17. The molecule has 87 valence electrons. The molecule has 0 aromatic heterocycles. The van der Waals surface area contributed by atoms with Crippen molar-refractivity contribution in [1.82, 2.24) is 0 Å². The molecular weight excluding hydrogens is 208 g/mol. The Labute approximate surface area is 103 Å². The van der Waals surface area contributed by atoms with E-state index in [9.17, 15) is 0 Å². The van der Waals surface area contributed by atoms with Gasteiger partial charge in [0, 0.05) is 5.56 Å². The fourth-order valence-corrected chi connectivity index (χ4v) is 1.82. The van der Waals surface area contributed by atoms with Crippen LogP contribution in [0.3, 0.4) is 0 Å². The van der Waals surface area contributed by atoms with E-state index in [1.807, 2.05) is 44.2 Å². The van der Waals surface area contributed by atoms with Gasteiger partial charge in [-0.3, -0.25) is 0 Å². The van der Waals surface area contributed by atoms with Gasteiger partial charge in [0.1, 0.15) is 5.75 Å². The summed E-state index contributed by atoms with van der Waals surface area (Å²) in [7, 11) is 0. The van der Waals surface area contributed by atoms with Crippen molar-refractivity contribution in [1.29, 1.82) is 0 Å². The van der Waals surface area contributed by atoms with E-state index in [-0.39, 0.29) is 6.10 Å².